The van der Waals surface area contributed by atoms with Gasteiger partial charge in [-0.25, -0.2) is 4.98 Å². The van der Waals surface area contributed by atoms with E-state index in [1.165, 1.54) is 16.7 Å². The van der Waals surface area contributed by atoms with Crippen LogP contribution in [0.1, 0.15) is 16.7 Å². The van der Waals surface area contributed by atoms with Crippen LogP contribution in [0.5, 0.6) is 0 Å². The van der Waals surface area contributed by atoms with Gasteiger partial charge < -0.3 is 10.2 Å². The Morgan fingerprint density at radius 1 is 1.25 bits per heavy atom. The van der Waals surface area contributed by atoms with Crippen molar-refractivity contribution in [1.29, 1.82) is 0 Å². The molecular formula is C16H20BrN3. The topological polar surface area (TPSA) is 28.2 Å². The minimum Gasteiger partial charge on any atom is -0.355 e. The fraction of sp³-hybridized carbons (Fsp3) is 0.312. The average molecular weight is 334 g/mol. The first kappa shape index (κ1) is 15.0. The summed E-state index contributed by atoms with van der Waals surface area (Å²) in [5, 5.41) is 3.19. The molecule has 1 aromatic carbocycles. The molecule has 0 saturated carbocycles. The van der Waals surface area contributed by atoms with Crippen molar-refractivity contribution in [2.45, 2.75) is 20.0 Å². The van der Waals surface area contributed by atoms with Crippen molar-refractivity contribution in [3.63, 3.8) is 0 Å². The molecule has 2 rings (SSSR count). The number of nitrogens with one attached hydrogen (secondary N) is 1. The lowest BCUT2D eigenvalue weighted by Crippen LogP contribution is -2.21. The lowest BCUT2D eigenvalue weighted by atomic mass is 10.1. The van der Waals surface area contributed by atoms with Crippen LogP contribution in [0.4, 0.5) is 5.82 Å². The number of rotatable bonds is 5. The third kappa shape index (κ3) is 3.58. The largest absolute Gasteiger partial charge is 0.355 e. The standard InChI is InChI=1S/C16H20BrN3/c1-12-6-4-5-7-13(12)11-20(3)16-14(9-18-2)8-15(17)10-19-16/h4-8,10,18H,9,11H2,1-3H3. The summed E-state index contributed by atoms with van der Waals surface area (Å²) < 4.78 is 1.01. The molecule has 2 aromatic rings. The highest BCUT2D eigenvalue weighted by molar-refractivity contribution is 9.10. The summed E-state index contributed by atoms with van der Waals surface area (Å²) in [4.78, 5) is 6.76. The minimum absolute atomic E-state index is 0.805. The quantitative estimate of drug-likeness (QED) is 0.907. The number of halogens is 1. The van der Waals surface area contributed by atoms with Crippen LogP contribution in [0.25, 0.3) is 0 Å². The van der Waals surface area contributed by atoms with Crippen LogP contribution in [0.2, 0.25) is 0 Å². The Morgan fingerprint density at radius 2 is 2.00 bits per heavy atom. The molecule has 0 aliphatic rings. The van der Waals surface area contributed by atoms with Gasteiger partial charge in [-0.2, -0.15) is 0 Å². The summed E-state index contributed by atoms with van der Waals surface area (Å²) in [6.07, 6.45) is 1.85. The van der Waals surface area contributed by atoms with Gasteiger partial charge in [-0.05, 0) is 47.1 Å². The number of pyridine rings is 1. The van der Waals surface area contributed by atoms with E-state index in [4.69, 9.17) is 0 Å². The second-order valence-electron chi connectivity index (χ2n) is 4.95. The number of hydrogen-bond acceptors (Lipinski definition) is 3. The molecule has 0 saturated heterocycles. The van der Waals surface area contributed by atoms with E-state index < -0.39 is 0 Å². The third-order valence-electron chi connectivity index (χ3n) is 3.31. The molecule has 0 fully saturated rings. The van der Waals surface area contributed by atoms with Crippen molar-refractivity contribution in [3.8, 4) is 0 Å². The first-order chi connectivity index (χ1) is 9.61. The van der Waals surface area contributed by atoms with E-state index in [9.17, 15) is 0 Å². The van der Waals surface area contributed by atoms with Crippen LogP contribution in [-0.4, -0.2) is 19.1 Å². The zero-order valence-electron chi connectivity index (χ0n) is 12.2. The number of aromatic nitrogens is 1. The molecule has 3 nitrogen and oxygen atoms in total. The van der Waals surface area contributed by atoms with E-state index in [-0.39, 0.29) is 0 Å². The van der Waals surface area contributed by atoms with Gasteiger partial charge in [0.2, 0.25) is 0 Å². The van der Waals surface area contributed by atoms with Crippen LogP contribution in [0, 0.1) is 6.92 Å². The van der Waals surface area contributed by atoms with Gasteiger partial charge in [-0.3, -0.25) is 0 Å². The molecule has 4 heteroatoms. The molecule has 0 aliphatic heterocycles. The first-order valence-corrected chi connectivity index (χ1v) is 7.45. The normalized spacial score (nSPS) is 10.6. The van der Waals surface area contributed by atoms with Crippen molar-refractivity contribution in [2.75, 3.05) is 19.0 Å². The summed E-state index contributed by atoms with van der Waals surface area (Å²) in [6, 6.07) is 10.6. The third-order valence-corrected chi connectivity index (χ3v) is 3.74. The van der Waals surface area contributed by atoms with Gasteiger partial charge in [-0.1, -0.05) is 24.3 Å². The van der Waals surface area contributed by atoms with Gasteiger partial charge in [0.05, 0.1) is 0 Å². The molecule has 0 bridgehead atoms. The fourth-order valence-corrected chi connectivity index (χ4v) is 2.63. The lowest BCUT2D eigenvalue weighted by molar-refractivity contribution is 0.793. The molecule has 0 amide bonds. The summed E-state index contributed by atoms with van der Waals surface area (Å²) in [7, 11) is 4.04. The van der Waals surface area contributed by atoms with Gasteiger partial charge in [0, 0.05) is 36.4 Å². The van der Waals surface area contributed by atoms with E-state index in [0.717, 1.165) is 23.4 Å². The fourth-order valence-electron chi connectivity index (χ4n) is 2.26. The maximum absolute atomic E-state index is 4.56. The number of benzene rings is 1. The van der Waals surface area contributed by atoms with Crippen LogP contribution < -0.4 is 10.2 Å². The highest BCUT2D eigenvalue weighted by atomic mass is 79.9. The van der Waals surface area contributed by atoms with Crippen molar-refractivity contribution >= 4 is 21.7 Å². The molecular weight excluding hydrogens is 314 g/mol. The maximum Gasteiger partial charge on any atom is 0.133 e. The summed E-state index contributed by atoms with van der Waals surface area (Å²) >= 11 is 3.49. The molecule has 0 radical (unpaired) electrons. The second kappa shape index (κ2) is 6.86. The van der Waals surface area contributed by atoms with Gasteiger partial charge in [-0.15, -0.1) is 0 Å². The predicted octanol–water partition coefficient (Wildman–Crippen LogP) is 3.51. The second-order valence-corrected chi connectivity index (χ2v) is 5.86. The molecule has 1 heterocycles. The summed E-state index contributed by atoms with van der Waals surface area (Å²) in [5.74, 6) is 1.02. The van der Waals surface area contributed by atoms with E-state index in [1.807, 2.05) is 13.2 Å². The summed E-state index contributed by atoms with van der Waals surface area (Å²) in [5.41, 5.74) is 3.83. The number of hydrogen-bond donors (Lipinski definition) is 1. The zero-order chi connectivity index (χ0) is 14.5. The zero-order valence-corrected chi connectivity index (χ0v) is 13.7. The Morgan fingerprint density at radius 3 is 2.70 bits per heavy atom. The highest BCUT2D eigenvalue weighted by Gasteiger charge is 2.10. The maximum atomic E-state index is 4.56. The molecule has 1 aromatic heterocycles. The van der Waals surface area contributed by atoms with Crippen LogP contribution in [0.3, 0.4) is 0 Å². The van der Waals surface area contributed by atoms with Gasteiger partial charge in [0.25, 0.3) is 0 Å². The smallest absolute Gasteiger partial charge is 0.133 e. The van der Waals surface area contributed by atoms with Gasteiger partial charge in [0.15, 0.2) is 0 Å². The molecule has 20 heavy (non-hydrogen) atoms. The number of nitrogens with zero attached hydrogens (tertiary/aromatic N) is 2. The predicted molar refractivity (Wildman–Crippen MR) is 88.0 cm³/mol. The van der Waals surface area contributed by atoms with Gasteiger partial charge in [0.1, 0.15) is 5.82 Å². The molecule has 0 aliphatic carbocycles. The SMILES string of the molecule is CNCc1cc(Br)cnc1N(C)Cc1ccccc1C. The monoisotopic (exact) mass is 333 g/mol. The highest BCUT2D eigenvalue weighted by Crippen LogP contribution is 2.22. The lowest BCUT2D eigenvalue weighted by Gasteiger charge is -2.22. The molecule has 0 unspecified atom stereocenters. The van der Waals surface area contributed by atoms with E-state index in [1.54, 1.807) is 0 Å². The minimum atomic E-state index is 0.805. The van der Waals surface area contributed by atoms with Crippen molar-refractivity contribution in [3.05, 3.63) is 57.7 Å². The van der Waals surface area contributed by atoms with Crippen molar-refractivity contribution in [1.82, 2.24) is 10.3 Å². The Kier molecular flexibility index (Phi) is 5.15. The van der Waals surface area contributed by atoms with Gasteiger partial charge >= 0.3 is 0 Å². The molecule has 1 N–H and O–H groups in total. The van der Waals surface area contributed by atoms with Crippen LogP contribution in [0.15, 0.2) is 41.0 Å². The van der Waals surface area contributed by atoms with Crippen molar-refractivity contribution < 1.29 is 0 Å². The van der Waals surface area contributed by atoms with E-state index in [2.05, 4.69) is 75.4 Å². The Bertz CT molecular complexity index is 584. The Labute approximate surface area is 129 Å². The number of aryl methyl sites for hydroxylation is 1. The van der Waals surface area contributed by atoms with E-state index in [0.29, 0.717) is 0 Å². The Hall–Kier alpha value is -1.39. The van der Waals surface area contributed by atoms with Crippen LogP contribution >= 0.6 is 15.9 Å². The molecule has 106 valence electrons. The van der Waals surface area contributed by atoms with Crippen LogP contribution in [-0.2, 0) is 13.1 Å². The Balaban J connectivity index is 2.25. The number of anilines is 1. The molecule has 0 spiro atoms. The molecule has 0 atom stereocenters. The average Bonchev–Trinajstić information content (AvgIpc) is 2.42. The van der Waals surface area contributed by atoms with Crippen molar-refractivity contribution in [2.24, 2.45) is 0 Å². The van der Waals surface area contributed by atoms with E-state index >= 15 is 0 Å². The first-order valence-electron chi connectivity index (χ1n) is 6.66. The summed E-state index contributed by atoms with van der Waals surface area (Å²) in [6.45, 7) is 3.81.